The summed E-state index contributed by atoms with van der Waals surface area (Å²) in [5, 5.41) is 0. The van der Waals surface area contributed by atoms with Crippen LogP contribution in [0.5, 0.6) is 0 Å². The Balaban J connectivity index is 1.07. The summed E-state index contributed by atoms with van der Waals surface area (Å²) in [6, 6.07) is 4.06. The van der Waals surface area contributed by atoms with Gasteiger partial charge in [-0.25, -0.2) is 14.8 Å². The van der Waals surface area contributed by atoms with Gasteiger partial charge < -0.3 is 18.9 Å². The minimum absolute atomic E-state index is 0.180. The average molecular weight is 432 g/mol. The molecule has 2 saturated heterocycles. The van der Waals surface area contributed by atoms with Crippen LogP contribution in [0.15, 0.2) is 36.9 Å². The van der Waals surface area contributed by atoms with Crippen LogP contribution in [-0.4, -0.2) is 58.0 Å². The number of benzene rings is 1. The molecule has 2 fully saturated rings. The molecule has 7 nitrogen and oxygen atoms in total. The molecular weight excluding hydrogens is 402 g/mol. The number of hydrogen-bond donors (Lipinski definition) is 0. The lowest BCUT2D eigenvalue weighted by molar-refractivity contribution is 0.0535. The molecule has 0 unspecified atom stereocenters. The van der Waals surface area contributed by atoms with Crippen molar-refractivity contribution in [1.82, 2.24) is 19.3 Å². The maximum Gasteiger partial charge on any atom is 0.338 e. The lowest BCUT2D eigenvalue weighted by Gasteiger charge is -2.39. The van der Waals surface area contributed by atoms with E-state index >= 15 is 0 Å². The molecule has 3 aliphatic rings. The van der Waals surface area contributed by atoms with Crippen LogP contribution in [0.3, 0.4) is 0 Å². The van der Waals surface area contributed by atoms with Crippen LogP contribution >= 0.6 is 0 Å². The quantitative estimate of drug-likeness (QED) is 0.591. The van der Waals surface area contributed by atoms with Gasteiger partial charge >= 0.3 is 5.97 Å². The van der Waals surface area contributed by atoms with Crippen molar-refractivity contribution in [3.8, 4) is 0 Å². The molecule has 0 amide bonds. The first-order chi connectivity index (χ1) is 15.6. The van der Waals surface area contributed by atoms with Gasteiger partial charge in [0.15, 0.2) is 11.5 Å². The number of carbonyl (C=O) groups is 1. The molecule has 0 N–H and O–H groups in total. The molecule has 1 spiro atoms. The van der Waals surface area contributed by atoms with Crippen LogP contribution in [-0.2, 0) is 17.8 Å². The molecule has 6 rings (SSSR count). The summed E-state index contributed by atoms with van der Waals surface area (Å²) in [5.41, 5.74) is 5.76. The SMILES string of the molecule is Cc1c(CCN2CCC3(CC2)CCN(c2nccn4ccnc24)C3)ccc2c1COC2=O. The van der Waals surface area contributed by atoms with Gasteiger partial charge in [-0.3, -0.25) is 0 Å². The topological polar surface area (TPSA) is 63.0 Å². The fraction of sp³-hybridized carbons (Fsp3) is 0.480. The number of piperidine rings is 1. The first-order valence-electron chi connectivity index (χ1n) is 11.7. The van der Waals surface area contributed by atoms with Gasteiger partial charge in [0, 0.05) is 50.0 Å². The lowest BCUT2D eigenvalue weighted by Crippen LogP contribution is -2.42. The number of anilines is 1. The molecule has 0 atom stereocenters. The van der Waals surface area contributed by atoms with Crippen molar-refractivity contribution in [1.29, 1.82) is 0 Å². The van der Waals surface area contributed by atoms with E-state index in [2.05, 4.69) is 37.2 Å². The highest BCUT2D eigenvalue weighted by molar-refractivity contribution is 5.93. The van der Waals surface area contributed by atoms with Crippen LogP contribution in [0.2, 0.25) is 0 Å². The van der Waals surface area contributed by atoms with Crippen molar-refractivity contribution in [3.05, 3.63) is 59.2 Å². The molecule has 2 aromatic heterocycles. The Kier molecular flexibility index (Phi) is 4.68. The van der Waals surface area contributed by atoms with Gasteiger partial charge in [0.05, 0.1) is 5.56 Å². The predicted octanol–water partition coefficient (Wildman–Crippen LogP) is 3.24. The zero-order valence-corrected chi connectivity index (χ0v) is 18.6. The highest BCUT2D eigenvalue weighted by Crippen LogP contribution is 2.42. The molecule has 7 heteroatoms. The molecule has 3 aromatic rings. The van der Waals surface area contributed by atoms with E-state index in [4.69, 9.17) is 4.74 Å². The maximum absolute atomic E-state index is 11.8. The van der Waals surface area contributed by atoms with Crippen molar-refractivity contribution < 1.29 is 9.53 Å². The molecule has 3 aliphatic heterocycles. The Morgan fingerprint density at radius 3 is 2.69 bits per heavy atom. The second-order valence-electron chi connectivity index (χ2n) is 9.62. The molecule has 1 aromatic carbocycles. The fourth-order valence-electron chi connectivity index (χ4n) is 5.79. The molecular formula is C25H29N5O2. The Labute approximate surface area is 188 Å². The normalized spacial score (nSPS) is 20.3. The smallest absolute Gasteiger partial charge is 0.338 e. The van der Waals surface area contributed by atoms with E-state index in [1.54, 1.807) is 0 Å². The Morgan fingerprint density at radius 1 is 1.06 bits per heavy atom. The number of likely N-dealkylation sites (tertiary alicyclic amines) is 1. The third-order valence-corrected chi connectivity index (χ3v) is 7.92. The summed E-state index contributed by atoms with van der Waals surface area (Å²) >= 11 is 0. The second kappa shape index (κ2) is 7.59. The number of carbonyl (C=O) groups excluding carboxylic acids is 1. The Hall–Kier alpha value is -2.93. The van der Waals surface area contributed by atoms with Gasteiger partial charge in [-0.15, -0.1) is 0 Å². The van der Waals surface area contributed by atoms with E-state index in [0.717, 1.165) is 61.7 Å². The number of hydrogen-bond acceptors (Lipinski definition) is 6. The second-order valence-corrected chi connectivity index (χ2v) is 9.62. The third-order valence-electron chi connectivity index (χ3n) is 7.92. The number of cyclic esters (lactones) is 1. The molecule has 166 valence electrons. The molecule has 5 heterocycles. The Bertz CT molecular complexity index is 1180. The van der Waals surface area contributed by atoms with Crippen LogP contribution in [0.1, 0.15) is 46.3 Å². The van der Waals surface area contributed by atoms with Crippen molar-refractivity contribution in [2.75, 3.05) is 37.6 Å². The summed E-state index contributed by atoms with van der Waals surface area (Å²) in [7, 11) is 0. The van der Waals surface area contributed by atoms with Crippen LogP contribution in [0.4, 0.5) is 5.82 Å². The molecule has 0 bridgehead atoms. The number of esters is 1. The van der Waals surface area contributed by atoms with E-state index < -0.39 is 0 Å². The van der Waals surface area contributed by atoms with Crippen molar-refractivity contribution >= 4 is 17.4 Å². The highest BCUT2D eigenvalue weighted by Gasteiger charge is 2.41. The number of nitrogens with zero attached hydrogens (tertiary/aromatic N) is 5. The number of fused-ring (bicyclic) bond motifs is 2. The van der Waals surface area contributed by atoms with E-state index in [9.17, 15) is 4.79 Å². The van der Waals surface area contributed by atoms with Gasteiger partial charge in [-0.05, 0) is 68.3 Å². The molecule has 32 heavy (non-hydrogen) atoms. The molecule has 0 radical (unpaired) electrons. The number of aromatic nitrogens is 3. The first kappa shape index (κ1) is 19.7. The largest absolute Gasteiger partial charge is 0.457 e. The zero-order chi connectivity index (χ0) is 21.7. The standard InChI is InChI=1S/C25H29N5O2/c1-18-19(2-3-20-21(18)16-32-24(20)31)4-10-28-11-5-25(6-12-28)7-13-30(17-25)23-22-26-8-14-29(22)15-9-27-23/h2-3,8-9,14-15H,4-7,10-13,16-17H2,1H3. The van der Waals surface area contributed by atoms with Crippen molar-refractivity contribution in [2.24, 2.45) is 5.41 Å². The summed E-state index contributed by atoms with van der Waals surface area (Å²) in [4.78, 5) is 26.0. The fourth-order valence-corrected chi connectivity index (χ4v) is 5.79. The lowest BCUT2D eigenvalue weighted by atomic mass is 9.77. The van der Waals surface area contributed by atoms with E-state index in [1.165, 1.54) is 30.4 Å². The van der Waals surface area contributed by atoms with Gasteiger partial charge in [0.1, 0.15) is 6.61 Å². The average Bonchev–Trinajstić information content (AvgIpc) is 3.54. The van der Waals surface area contributed by atoms with Crippen LogP contribution < -0.4 is 4.90 Å². The summed E-state index contributed by atoms with van der Waals surface area (Å²) in [6.07, 6.45) is 12.4. The Morgan fingerprint density at radius 2 is 1.84 bits per heavy atom. The molecule has 0 saturated carbocycles. The van der Waals surface area contributed by atoms with Gasteiger partial charge in [-0.1, -0.05) is 6.07 Å². The van der Waals surface area contributed by atoms with Crippen LogP contribution in [0, 0.1) is 12.3 Å². The van der Waals surface area contributed by atoms with Gasteiger partial charge in [0.25, 0.3) is 0 Å². The van der Waals surface area contributed by atoms with Crippen molar-refractivity contribution in [2.45, 2.75) is 39.2 Å². The number of ether oxygens (including phenoxy) is 1. The van der Waals surface area contributed by atoms with E-state index in [-0.39, 0.29) is 5.97 Å². The zero-order valence-electron chi connectivity index (χ0n) is 18.6. The van der Waals surface area contributed by atoms with E-state index in [0.29, 0.717) is 12.0 Å². The summed E-state index contributed by atoms with van der Waals surface area (Å²) in [6.45, 7) is 8.08. The molecule has 0 aliphatic carbocycles. The minimum Gasteiger partial charge on any atom is -0.457 e. The maximum atomic E-state index is 11.8. The minimum atomic E-state index is -0.180. The van der Waals surface area contributed by atoms with Crippen LogP contribution in [0.25, 0.3) is 5.65 Å². The predicted molar refractivity (Wildman–Crippen MR) is 122 cm³/mol. The number of imidazole rings is 1. The van der Waals surface area contributed by atoms with E-state index in [1.807, 2.05) is 30.9 Å². The third kappa shape index (κ3) is 3.26. The van der Waals surface area contributed by atoms with Crippen molar-refractivity contribution in [3.63, 3.8) is 0 Å². The summed E-state index contributed by atoms with van der Waals surface area (Å²) < 4.78 is 7.26. The monoisotopic (exact) mass is 431 g/mol. The summed E-state index contributed by atoms with van der Waals surface area (Å²) in [5.74, 6) is 0.840. The highest BCUT2D eigenvalue weighted by atomic mass is 16.5. The van der Waals surface area contributed by atoms with Gasteiger partial charge in [-0.2, -0.15) is 0 Å². The first-order valence-corrected chi connectivity index (χ1v) is 11.7. The van der Waals surface area contributed by atoms with Gasteiger partial charge in [0.2, 0.25) is 0 Å². The number of rotatable bonds is 4.